The van der Waals surface area contributed by atoms with Gasteiger partial charge in [-0.2, -0.15) is 0 Å². The maximum atomic E-state index is 11.9. The summed E-state index contributed by atoms with van der Waals surface area (Å²) in [5.41, 5.74) is 0. The molecular formula is C14H27N3O2. The lowest BCUT2D eigenvalue weighted by Crippen LogP contribution is -2.37. The number of hydrogen-bond acceptors (Lipinski definition) is 4. The van der Waals surface area contributed by atoms with Crippen molar-refractivity contribution >= 4 is 5.91 Å². The van der Waals surface area contributed by atoms with Crippen molar-refractivity contribution in [1.82, 2.24) is 15.5 Å². The largest absolute Gasteiger partial charge is 0.383 e. The van der Waals surface area contributed by atoms with Gasteiger partial charge in [0.2, 0.25) is 5.91 Å². The highest BCUT2D eigenvalue weighted by Crippen LogP contribution is 2.15. The van der Waals surface area contributed by atoms with Crippen molar-refractivity contribution in [3.63, 3.8) is 0 Å². The van der Waals surface area contributed by atoms with Gasteiger partial charge in [0.1, 0.15) is 0 Å². The smallest absolute Gasteiger partial charge is 0.220 e. The number of carbonyl (C=O) groups is 1. The van der Waals surface area contributed by atoms with Crippen molar-refractivity contribution < 1.29 is 9.53 Å². The molecule has 0 aromatic carbocycles. The molecule has 0 aromatic heterocycles. The van der Waals surface area contributed by atoms with E-state index in [1.54, 1.807) is 7.11 Å². The van der Waals surface area contributed by atoms with Gasteiger partial charge in [-0.05, 0) is 38.3 Å². The van der Waals surface area contributed by atoms with Gasteiger partial charge in [-0.15, -0.1) is 0 Å². The number of nitrogens with zero attached hydrogens (tertiary/aromatic N) is 1. The van der Waals surface area contributed by atoms with Crippen LogP contribution < -0.4 is 10.6 Å². The summed E-state index contributed by atoms with van der Waals surface area (Å²) in [4.78, 5) is 14.3. The lowest BCUT2D eigenvalue weighted by Gasteiger charge is -2.16. The highest BCUT2D eigenvalue weighted by molar-refractivity contribution is 5.76. The van der Waals surface area contributed by atoms with E-state index < -0.39 is 0 Å². The molecule has 2 N–H and O–H groups in total. The minimum absolute atomic E-state index is 0.227. The van der Waals surface area contributed by atoms with Crippen LogP contribution in [0.4, 0.5) is 0 Å². The Morgan fingerprint density at radius 1 is 1.47 bits per heavy atom. The van der Waals surface area contributed by atoms with Crippen molar-refractivity contribution in [2.75, 3.05) is 46.4 Å². The van der Waals surface area contributed by atoms with Crippen molar-refractivity contribution in [1.29, 1.82) is 0 Å². The van der Waals surface area contributed by atoms with Crippen LogP contribution in [0.2, 0.25) is 0 Å². The van der Waals surface area contributed by atoms with Crippen molar-refractivity contribution in [2.24, 2.45) is 5.92 Å². The predicted octanol–water partition coefficient (Wildman–Crippen LogP) is 0.213. The summed E-state index contributed by atoms with van der Waals surface area (Å²) < 4.78 is 5.08. The van der Waals surface area contributed by atoms with Crippen LogP contribution in [0.3, 0.4) is 0 Å². The number of likely N-dealkylation sites (tertiary alicyclic amines) is 1. The van der Waals surface area contributed by atoms with Crippen LogP contribution >= 0.6 is 0 Å². The van der Waals surface area contributed by atoms with E-state index >= 15 is 0 Å². The summed E-state index contributed by atoms with van der Waals surface area (Å²) in [7, 11) is 1.73. The first-order chi connectivity index (χ1) is 9.28. The van der Waals surface area contributed by atoms with Crippen LogP contribution in [0.15, 0.2) is 0 Å². The molecule has 2 unspecified atom stereocenters. The number of nitrogens with one attached hydrogen (secondary N) is 2. The van der Waals surface area contributed by atoms with Gasteiger partial charge < -0.3 is 15.4 Å². The standard InChI is InChI=1S/C14H27N3O2/c1-19-9-8-17-7-5-13(11-17)16-14(18)3-2-12-4-6-15-10-12/h12-13,15H,2-11H2,1H3,(H,16,18). The van der Waals surface area contributed by atoms with Gasteiger partial charge in [-0.25, -0.2) is 0 Å². The minimum Gasteiger partial charge on any atom is -0.383 e. The Hall–Kier alpha value is -0.650. The van der Waals surface area contributed by atoms with E-state index in [1.165, 1.54) is 6.42 Å². The Bertz CT molecular complexity index is 280. The second kappa shape index (κ2) is 7.82. The molecule has 0 radical (unpaired) electrons. The monoisotopic (exact) mass is 269 g/mol. The van der Waals surface area contributed by atoms with Gasteiger partial charge in [0.05, 0.1) is 6.61 Å². The molecule has 2 heterocycles. The van der Waals surface area contributed by atoms with E-state index in [1.807, 2.05) is 0 Å². The highest BCUT2D eigenvalue weighted by atomic mass is 16.5. The summed E-state index contributed by atoms with van der Waals surface area (Å²) in [6.45, 7) is 5.98. The molecule has 2 rings (SSSR count). The van der Waals surface area contributed by atoms with Gasteiger partial charge in [0, 0.05) is 39.2 Å². The van der Waals surface area contributed by atoms with E-state index in [-0.39, 0.29) is 5.91 Å². The molecule has 0 saturated carbocycles. The number of hydrogen-bond donors (Lipinski definition) is 2. The predicted molar refractivity (Wildman–Crippen MR) is 75.1 cm³/mol. The lowest BCUT2D eigenvalue weighted by atomic mass is 10.0. The molecule has 2 aliphatic rings. The number of carbonyl (C=O) groups excluding carboxylic acids is 1. The molecular weight excluding hydrogens is 242 g/mol. The first kappa shape index (κ1) is 14.8. The number of amides is 1. The molecule has 19 heavy (non-hydrogen) atoms. The Balaban J connectivity index is 1.57. The van der Waals surface area contributed by atoms with Crippen LogP contribution in [0.25, 0.3) is 0 Å². The maximum Gasteiger partial charge on any atom is 0.220 e. The first-order valence-electron chi connectivity index (χ1n) is 7.49. The third-order valence-corrected chi connectivity index (χ3v) is 4.19. The molecule has 0 aromatic rings. The van der Waals surface area contributed by atoms with Gasteiger partial charge in [0.15, 0.2) is 0 Å². The summed E-state index contributed by atoms with van der Waals surface area (Å²) in [5.74, 6) is 0.929. The number of methoxy groups -OCH3 is 1. The summed E-state index contributed by atoms with van der Waals surface area (Å²) >= 11 is 0. The van der Waals surface area contributed by atoms with E-state index in [0.29, 0.717) is 18.4 Å². The fraction of sp³-hybridized carbons (Fsp3) is 0.929. The second-order valence-corrected chi connectivity index (χ2v) is 5.74. The summed E-state index contributed by atoms with van der Waals surface area (Å²) in [6.07, 6.45) is 4.00. The molecule has 110 valence electrons. The Kier molecular flexibility index (Phi) is 6.07. The highest BCUT2D eigenvalue weighted by Gasteiger charge is 2.23. The number of ether oxygens (including phenoxy) is 1. The van der Waals surface area contributed by atoms with Crippen LogP contribution in [0, 0.1) is 5.92 Å². The van der Waals surface area contributed by atoms with Crippen LogP contribution in [-0.2, 0) is 9.53 Å². The topological polar surface area (TPSA) is 53.6 Å². The molecule has 2 fully saturated rings. The fourth-order valence-electron chi connectivity index (χ4n) is 2.97. The SMILES string of the molecule is COCCN1CCC(NC(=O)CCC2CCNC2)C1. The average Bonchev–Trinajstić information content (AvgIpc) is 3.05. The Morgan fingerprint density at radius 2 is 2.37 bits per heavy atom. The van der Waals surface area contributed by atoms with E-state index in [2.05, 4.69) is 15.5 Å². The quantitative estimate of drug-likeness (QED) is 0.694. The van der Waals surface area contributed by atoms with Gasteiger partial charge >= 0.3 is 0 Å². The molecule has 1 amide bonds. The summed E-state index contributed by atoms with van der Waals surface area (Å²) in [6, 6.07) is 0.339. The Labute approximate surface area is 116 Å². The van der Waals surface area contributed by atoms with E-state index in [9.17, 15) is 4.79 Å². The van der Waals surface area contributed by atoms with Crippen molar-refractivity contribution in [3.8, 4) is 0 Å². The molecule has 5 nitrogen and oxygen atoms in total. The molecule has 0 aliphatic carbocycles. The second-order valence-electron chi connectivity index (χ2n) is 5.74. The zero-order valence-electron chi connectivity index (χ0n) is 12.0. The molecule has 2 atom stereocenters. The number of rotatable bonds is 7. The third-order valence-electron chi connectivity index (χ3n) is 4.19. The van der Waals surface area contributed by atoms with Crippen LogP contribution in [0.1, 0.15) is 25.7 Å². The van der Waals surface area contributed by atoms with E-state index in [0.717, 1.165) is 52.2 Å². The van der Waals surface area contributed by atoms with Gasteiger partial charge in [-0.3, -0.25) is 9.69 Å². The van der Waals surface area contributed by atoms with Gasteiger partial charge in [-0.1, -0.05) is 0 Å². The normalized spacial score (nSPS) is 27.8. The molecule has 5 heteroatoms. The molecule has 2 saturated heterocycles. The average molecular weight is 269 g/mol. The Morgan fingerprint density at radius 3 is 3.11 bits per heavy atom. The zero-order chi connectivity index (χ0) is 13.5. The molecule has 0 spiro atoms. The first-order valence-corrected chi connectivity index (χ1v) is 7.49. The maximum absolute atomic E-state index is 11.9. The summed E-state index contributed by atoms with van der Waals surface area (Å²) in [5, 5.41) is 6.51. The van der Waals surface area contributed by atoms with E-state index in [4.69, 9.17) is 4.74 Å². The zero-order valence-corrected chi connectivity index (χ0v) is 12.0. The van der Waals surface area contributed by atoms with Crippen LogP contribution in [-0.4, -0.2) is 63.3 Å². The van der Waals surface area contributed by atoms with Gasteiger partial charge in [0.25, 0.3) is 0 Å². The molecule has 0 bridgehead atoms. The van der Waals surface area contributed by atoms with Crippen molar-refractivity contribution in [3.05, 3.63) is 0 Å². The lowest BCUT2D eigenvalue weighted by molar-refractivity contribution is -0.122. The third kappa shape index (κ3) is 5.09. The fourth-order valence-corrected chi connectivity index (χ4v) is 2.97. The van der Waals surface area contributed by atoms with Crippen molar-refractivity contribution in [2.45, 2.75) is 31.7 Å². The minimum atomic E-state index is 0.227. The molecule has 2 aliphatic heterocycles. The van der Waals surface area contributed by atoms with Crippen LogP contribution in [0.5, 0.6) is 0 Å².